The zero-order valence-corrected chi connectivity index (χ0v) is 13.4. The van der Waals surface area contributed by atoms with Crippen molar-refractivity contribution in [2.45, 2.75) is 58.7 Å². The van der Waals surface area contributed by atoms with Crippen molar-refractivity contribution in [1.82, 2.24) is 15.1 Å². The Kier molecular flexibility index (Phi) is 4.39. The molecule has 1 unspecified atom stereocenters. The first-order chi connectivity index (χ1) is 9.33. The second-order valence-electron chi connectivity index (χ2n) is 6.79. The van der Waals surface area contributed by atoms with Crippen molar-refractivity contribution >= 4 is 5.82 Å². The van der Waals surface area contributed by atoms with E-state index < -0.39 is 0 Å². The average molecular weight is 280 g/mol. The van der Waals surface area contributed by atoms with Gasteiger partial charge in [-0.25, -0.2) is 0 Å². The summed E-state index contributed by atoms with van der Waals surface area (Å²) in [6.07, 6.45) is 2.20. The highest BCUT2D eigenvalue weighted by Crippen LogP contribution is 2.30. The molecule has 1 atom stereocenters. The summed E-state index contributed by atoms with van der Waals surface area (Å²) >= 11 is 0. The maximum absolute atomic E-state index is 9.56. The standard InChI is InChI=1S/C15H28N4O/c1-11-13(9-16-15(2,3)4)14(18(5)17-11)19-8-6-7-12(19)10-20/h12,16,20H,6-10H2,1-5H3. The van der Waals surface area contributed by atoms with Crippen molar-refractivity contribution in [3.05, 3.63) is 11.3 Å². The molecule has 0 saturated carbocycles. The molecule has 1 aliphatic rings. The highest BCUT2D eigenvalue weighted by molar-refractivity contribution is 5.52. The monoisotopic (exact) mass is 280 g/mol. The fourth-order valence-electron chi connectivity index (χ4n) is 2.91. The Bertz CT molecular complexity index is 461. The second-order valence-corrected chi connectivity index (χ2v) is 6.79. The molecule has 1 aromatic rings. The van der Waals surface area contributed by atoms with Crippen LogP contribution < -0.4 is 10.2 Å². The molecule has 2 rings (SSSR count). The number of aliphatic hydroxyl groups excluding tert-OH is 1. The smallest absolute Gasteiger partial charge is 0.131 e. The van der Waals surface area contributed by atoms with Gasteiger partial charge in [0.2, 0.25) is 0 Å². The molecule has 0 aromatic carbocycles. The number of hydrogen-bond donors (Lipinski definition) is 2. The van der Waals surface area contributed by atoms with Crippen LogP contribution in [0.5, 0.6) is 0 Å². The maximum atomic E-state index is 9.56. The third-order valence-corrected chi connectivity index (χ3v) is 3.97. The molecule has 1 fully saturated rings. The van der Waals surface area contributed by atoms with Crippen molar-refractivity contribution in [2.75, 3.05) is 18.1 Å². The van der Waals surface area contributed by atoms with Crippen molar-refractivity contribution in [1.29, 1.82) is 0 Å². The van der Waals surface area contributed by atoms with Gasteiger partial charge in [0, 0.05) is 31.2 Å². The Balaban J connectivity index is 2.28. The summed E-state index contributed by atoms with van der Waals surface area (Å²) in [6, 6.07) is 0.234. The number of anilines is 1. The summed E-state index contributed by atoms with van der Waals surface area (Å²) in [6.45, 7) is 10.6. The molecular weight excluding hydrogens is 252 g/mol. The van der Waals surface area contributed by atoms with Gasteiger partial charge in [-0.3, -0.25) is 4.68 Å². The number of aliphatic hydroxyl groups is 1. The van der Waals surface area contributed by atoms with Gasteiger partial charge in [0.15, 0.2) is 0 Å². The molecule has 5 heteroatoms. The lowest BCUT2D eigenvalue weighted by Crippen LogP contribution is -2.37. The number of aryl methyl sites for hydroxylation is 2. The molecule has 1 aromatic heterocycles. The number of hydrogen-bond acceptors (Lipinski definition) is 4. The fourth-order valence-corrected chi connectivity index (χ4v) is 2.91. The van der Waals surface area contributed by atoms with Gasteiger partial charge in [-0.1, -0.05) is 0 Å². The van der Waals surface area contributed by atoms with E-state index >= 15 is 0 Å². The van der Waals surface area contributed by atoms with E-state index in [0.717, 1.165) is 37.4 Å². The topological polar surface area (TPSA) is 53.3 Å². The first kappa shape index (κ1) is 15.3. The quantitative estimate of drug-likeness (QED) is 0.879. The van der Waals surface area contributed by atoms with E-state index in [1.165, 1.54) is 5.56 Å². The summed E-state index contributed by atoms with van der Waals surface area (Å²) in [7, 11) is 2.00. The molecule has 0 bridgehead atoms. The Morgan fingerprint density at radius 2 is 2.10 bits per heavy atom. The lowest BCUT2D eigenvalue weighted by atomic mass is 10.1. The van der Waals surface area contributed by atoms with Crippen molar-refractivity contribution in [3.63, 3.8) is 0 Å². The molecule has 0 radical (unpaired) electrons. The summed E-state index contributed by atoms with van der Waals surface area (Å²) in [5.41, 5.74) is 2.41. The van der Waals surface area contributed by atoms with Crippen LogP contribution in [0.25, 0.3) is 0 Å². The molecule has 0 aliphatic carbocycles. The van der Waals surface area contributed by atoms with Gasteiger partial charge in [0.05, 0.1) is 18.3 Å². The highest BCUT2D eigenvalue weighted by atomic mass is 16.3. The van der Waals surface area contributed by atoms with Crippen LogP contribution in [-0.4, -0.2) is 39.6 Å². The van der Waals surface area contributed by atoms with Crippen LogP contribution >= 0.6 is 0 Å². The molecule has 0 amide bonds. The average Bonchev–Trinajstić information content (AvgIpc) is 2.89. The Hall–Kier alpha value is -1.07. The summed E-state index contributed by atoms with van der Waals surface area (Å²) in [5.74, 6) is 1.16. The predicted octanol–water partition coefficient (Wildman–Crippen LogP) is 1.58. The first-order valence-electron chi connectivity index (χ1n) is 7.48. The fraction of sp³-hybridized carbons (Fsp3) is 0.800. The number of nitrogens with zero attached hydrogens (tertiary/aromatic N) is 3. The van der Waals surface area contributed by atoms with Crippen LogP contribution in [-0.2, 0) is 13.6 Å². The van der Waals surface area contributed by atoms with Crippen LogP contribution in [0.15, 0.2) is 0 Å². The van der Waals surface area contributed by atoms with Crippen molar-refractivity contribution in [2.24, 2.45) is 7.05 Å². The zero-order valence-electron chi connectivity index (χ0n) is 13.4. The lowest BCUT2D eigenvalue weighted by Gasteiger charge is -2.27. The SMILES string of the molecule is Cc1nn(C)c(N2CCCC2CO)c1CNC(C)(C)C. The van der Waals surface area contributed by atoms with E-state index in [2.05, 4.69) is 43.0 Å². The molecule has 1 aliphatic heterocycles. The van der Waals surface area contributed by atoms with Crippen LogP contribution in [0, 0.1) is 6.92 Å². The molecule has 20 heavy (non-hydrogen) atoms. The van der Waals surface area contributed by atoms with E-state index in [0.29, 0.717) is 0 Å². The van der Waals surface area contributed by atoms with Gasteiger partial charge in [-0.2, -0.15) is 5.10 Å². The molecule has 2 N–H and O–H groups in total. The minimum Gasteiger partial charge on any atom is -0.394 e. The molecule has 2 heterocycles. The van der Waals surface area contributed by atoms with Crippen LogP contribution in [0.4, 0.5) is 5.82 Å². The second kappa shape index (κ2) is 5.74. The van der Waals surface area contributed by atoms with Crippen LogP contribution in [0.3, 0.4) is 0 Å². The summed E-state index contributed by atoms with van der Waals surface area (Å²) < 4.78 is 1.96. The highest BCUT2D eigenvalue weighted by Gasteiger charge is 2.29. The molecular formula is C15H28N4O. The minimum atomic E-state index is 0.0843. The van der Waals surface area contributed by atoms with E-state index in [9.17, 15) is 5.11 Å². The van der Waals surface area contributed by atoms with Gasteiger partial charge in [0.1, 0.15) is 5.82 Å². The predicted molar refractivity (Wildman–Crippen MR) is 82.0 cm³/mol. The number of aromatic nitrogens is 2. The number of rotatable bonds is 4. The van der Waals surface area contributed by atoms with E-state index in [-0.39, 0.29) is 18.2 Å². The summed E-state index contributed by atoms with van der Waals surface area (Å²) in [4.78, 5) is 2.32. The van der Waals surface area contributed by atoms with E-state index in [1.54, 1.807) is 0 Å². The Labute approximate surface area is 122 Å². The van der Waals surface area contributed by atoms with Gasteiger partial charge in [-0.15, -0.1) is 0 Å². The molecule has 0 spiro atoms. The molecule has 1 saturated heterocycles. The lowest BCUT2D eigenvalue weighted by molar-refractivity contribution is 0.265. The van der Waals surface area contributed by atoms with Crippen molar-refractivity contribution in [3.8, 4) is 0 Å². The molecule has 114 valence electrons. The normalized spacial score (nSPS) is 19.9. The van der Waals surface area contributed by atoms with Gasteiger partial charge < -0.3 is 15.3 Å². The van der Waals surface area contributed by atoms with E-state index in [1.807, 2.05) is 11.7 Å². The maximum Gasteiger partial charge on any atom is 0.131 e. The Morgan fingerprint density at radius 1 is 1.40 bits per heavy atom. The van der Waals surface area contributed by atoms with Gasteiger partial charge in [0.25, 0.3) is 0 Å². The third kappa shape index (κ3) is 3.15. The summed E-state index contributed by atoms with van der Waals surface area (Å²) in [5, 5.41) is 17.7. The van der Waals surface area contributed by atoms with Gasteiger partial charge in [-0.05, 0) is 40.5 Å². The largest absolute Gasteiger partial charge is 0.394 e. The number of nitrogens with one attached hydrogen (secondary N) is 1. The molecule has 5 nitrogen and oxygen atoms in total. The van der Waals surface area contributed by atoms with Crippen LogP contribution in [0.1, 0.15) is 44.9 Å². The zero-order chi connectivity index (χ0) is 14.9. The third-order valence-electron chi connectivity index (χ3n) is 3.97. The van der Waals surface area contributed by atoms with Crippen LogP contribution in [0.2, 0.25) is 0 Å². The van der Waals surface area contributed by atoms with Crippen molar-refractivity contribution < 1.29 is 5.11 Å². The first-order valence-corrected chi connectivity index (χ1v) is 7.48. The Morgan fingerprint density at radius 3 is 2.70 bits per heavy atom. The minimum absolute atomic E-state index is 0.0843. The van der Waals surface area contributed by atoms with E-state index in [4.69, 9.17) is 0 Å². The van der Waals surface area contributed by atoms with Gasteiger partial charge >= 0.3 is 0 Å².